The maximum atomic E-state index is 12.4. The van der Waals surface area contributed by atoms with E-state index in [4.69, 9.17) is 23.2 Å². The lowest BCUT2D eigenvalue weighted by Crippen LogP contribution is -2.14. The van der Waals surface area contributed by atoms with Crippen LogP contribution in [0.3, 0.4) is 0 Å². The summed E-state index contributed by atoms with van der Waals surface area (Å²) < 4.78 is 1.94. The number of carbonyl (C=O) groups excluding carboxylic acids is 2. The van der Waals surface area contributed by atoms with E-state index < -0.39 is 0 Å². The molecule has 4 rings (SSSR count). The number of hydrogen-bond acceptors (Lipinski definition) is 5. The molecule has 0 aliphatic carbocycles. The molecule has 1 aromatic heterocycles. The number of anilines is 2. The van der Waals surface area contributed by atoms with Gasteiger partial charge in [-0.2, -0.15) is 0 Å². The van der Waals surface area contributed by atoms with E-state index >= 15 is 0 Å². The van der Waals surface area contributed by atoms with Gasteiger partial charge in [-0.1, -0.05) is 65.3 Å². The standard InChI is InChI=1S/C27H23Cl2N5O2S/c1-2-34-26(32-33-27(34)37-17-25(36)31-21-13-14-22(28)23(29)16-21)19-9-11-20(12-10-19)30-24(35)15-8-18-6-4-3-5-7-18/h3-16H,2,17H2,1H3,(H,30,35)(H,31,36)/b15-8+. The lowest BCUT2D eigenvalue weighted by molar-refractivity contribution is -0.114. The van der Waals surface area contributed by atoms with Crippen LogP contribution in [0.2, 0.25) is 10.0 Å². The van der Waals surface area contributed by atoms with Gasteiger partial charge in [-0.3, -0.25) is 9.59 Å². The zero-order valence-electron chi connectivity index (χ0n) is 19.8. The third kappa shape index (κ3) is 7.22. The minimum atomic E-state index is -0.217. The van der Waals surface area contributed by atoms with Crippen LogP contribution in [0, 0.1) is 0 Å². The van der Waals surface area contributed by atoms with Crippen molar-refractivity contribution in [3.8, 4) is 11.4 Å². The predicted octanol–water partition coefficient (Wildman–Crippen LogP) is 6.65. The molecule has 0 atom stereocenters. The number of thioether (sulfide) groups is 1. The van der Waals surface area contributed by atoms with Crippen molar-refractivity contribution in [2.24, 2.45) is 0 Å². The second-order valence-electron chi connectivity index (χ2n) is 7.83. The van der Waals surface area contributed by atoms with Crippen molar-refractivity contribution < 1.29 is 9.59 Å². The number of benzene rings is 3. The molecule has 0 bridgehead atoms. The molecule has 4 aromatic rings. The number of hydrogen-bond donors (Lipinski definition) is 2. The van der Waals surface area contributed by atoms with Crippen LogP contribution in [0.5, 0.6) is 0 Å². The highest BCUT2D eigenvalue weighted by Gasteiger charge is 2.15. The molecule has 1 heterocycles. The zero-order chi connectivity index (χ0) is 26.2. The van der Waals surface area contributed by atoms with Gasteiger partial charge in [0.2, 0.25) is 11.8 Å². The zero-order valence-corrected chi connectivity index (χ0v) is 22.1. The van der Waals surface area contributed by atoms with Crippen LogP contribution < -0.4 is 10.6 Å². The van der Waals surface area contributed by atoms with E-state index in [0.717, 1.165) is 11.1 Å². The molecule has 10 heteroatoms. The van der Waals surface area contributed by atoms with Gasteiger partial charge in [0.15, 0.2) is 11.0 Å². The Morgan fingerprint density at radius 1 is 0.919 bits per heavy atom. The van der Waals surface area contributed by atoms with Crippen molar-refractivity contribution in [3.05, 3.63) is 94.5 Å². The summed E-state index contributed by atoms with van der Waals surface area (Å²) in [6, 6.07) is 21.9. The van der Waals surface area contributed by atoms with Gasteiger partial charge in [0.25, 0.3) is 0 Å². The fraction of sp³-hybridized carbons (Fsp3) is 0.111. The van der Waals surface area contributed by atoms with Gasteiger partial charge >= 0.3 is 0 Å². The number of amides is 2. The van der Waals surface area contributed by atoms with Crippen LogP contribution in [0.1, 0.15) is 12.5 Å². The van der Waals surface area contributed by atoms with Crippen molar-refractivity contribution in [2.45, 2.75) is 18.6 Å². The molecule has 2 amide bonds. The van der Waals surface area contributed by atoms with Crippen LogP contribution in [0.15, 0.2) is 84.0 Å². The highest BCUT2D eigenvalue weighted by atomic mass is 35.5. The summed E-state index contributed by atoms with van der Waals surface area (Å²) in [6.45, 7) is 2.61. The highest BCUT2D eigenvalue weighted by Crippen LogP contribution is 2.27. The molecule has 0 saturated carbocycles. The summed E-state index contributed by atoms with van der Waals surface area (Å²) in [4.78, 5) is 24.7. The summed E-state index contributed by atoms with van der Waals surface area (Å²) in [6.07, 6.45) is 3.26. The first-order valence-corrected chi connectivity index (χ1v) is 13.1. The molecule has 37 heavy (non-hydrogen) atoms. The number of carbonyl (C=O) groups is 2. The molecular weight excluding hydrogens is 529 g/mol. The lowest BCUT2D eigenvalue weighted by atomic mass is 10.2. The van der Waals surface area contributed by atoms with Crippen molar-refractivity contribution in [1.29, 1.82) is 0 Å². The fourth-order valence-electron chi connectivity index (χ4n) is 3.42. The van der Waals surface area contributed by atoms with Crippen molar-refractivity contribution in [2.75, 3.05) is 16.4 Å². The molecule has 0 unspecified atom stereocenters. The Bertz CT molecular complexity index is 1420. The summed E-state index contributed by atoms with van der Waals surface area (Å²) in [5, 5.41) is 15.7. The van der Waals surface area contributed by atoms with Gasteiger partial charge in [0.1, 0.15) is 0 Å². The number of rotatable bonds is 9. The van der Waals surface area contributed by atoms with Gasteiger partial charge in [-0.15, -0.1) is 10.2 Å². The van der Waals surface area contributed by atoms with E-state index in [9.17, 15) is 9.59 Å². The molecule has 7 nitrogen and oxygen atoms in total. The molecule has 0 aliphatic rings. The first-order valence-electron chi connectivity index (χ1n) is 11.4. The molecule has 3 aromatic carbocycles. The summed E-state index contributed by atoms with van der Waals surface area (Å²) >= 11 is 13.2. The van der Waals surface area contributed by atoms with Crippen LogP contribution in [0.4, 0.5) is 11.4 Å². The van der Waals surface area contributed by atoms with Gasteiger partial charge in [-0.25, -0.2) is 0 Å². The Balaban J connectivity index is 1.36. The molecule has 0 radical (unpaired) electrons. The van der Waals surface area contributed by atoms with Gasteiger partial charge in [-0.05, 0) is 61.0 Å². The first kappa shape index (κ1) is 26.5. The lowest BCUT2D eigenvalue weighted by Gasteiger charge is -2.09. The van der Waals surface area contributed by atoms with E-state index in [1.807, 2.05) is 66.1 Å². The van der Waals surface area contributed by atoms with Crippen LogP contribution >= 0.6 is 35.0 Å². The maximum Gasteiger partial charge on any atom is 0.248 e. The average Bonchev–Trinajstić information content (AvgIpc) is 3.32. The van der Waals surface area contributed by atoms with E-state index in [0.29, 0.717) is 38.9 Å². The van der Waals surface area contributed by atoms with Gasteiger partial charge < -0.3 is 15.2 Å². The summed E-state index contributed by atoms with van der Waals surface area (Å²) in [5.41, 5.74) is 3.04. The fourth-order valence-corrected chi connectivity index (χ4v) is 4.52. The average molecular weight is 552 g/mol. The minimum absolute atomic E-state index is 0.153. The highest BCUT2D eigenvalue weighted by molar-refractivity contribution is 7.99. The second kappa shape index (κ2) is 12.6. The number of nitrogens with zero attached hydrogens (tertiary/aromatic N) is 3. The van der Waals surface area contributed by atoms with Gasteiger partial charge in [0, 0.05) is 29.6 Å². The Labute approximate surface area is 228 Å². The monoisotopic (exact) mass is 551 g/mol. The Morgan fingerprint density at radius 3 is 2.35 bits per heavy atom. The quantitative estimate of drug-likeness (QED) is 0.179. The minimum Gasteiger partial charge on any atom is -0.325 e. The smallest absolute Gasteiger partial charge is 0.248 e. The second-order valence-corrected chi connectivity index (χ2v) is 9.58. The summed E-state index contributed by atoms with van der Waals surface area (Å²) in [5.74, 6) is 0.416. The molecular formula is C27H23Cl2N5O2S. The Hall–Kier alpha value is -3.59. The topological polar surface area (TPSA) is 88.9 Å². The predicted molar refractivity (Wildman–Crippen MR) is 151 cm³/mol. The van der Waals surface area contributed by atoms with Crippen LogP contribution in [-0.4, -0.2) is 32.3 Å². The molecule has 188 valence electrons. The number of nitrogens with one attached hydrogen (secondary N) is 2. The number of aromatic nitrogens is 3. The van der Waals surface area contributed by atoms with Crippen molar-refractivity contribution in [1.82, 2.24) is 14.8 Å². The SMILES string of the molecule is CCn1c(SCC(=O)Nc2ccc(Cl)c(Cl)c2)nnc1-c1ccc(NC(=O)/C=C/c2ccccc2)cc1. The Kier molecular flexibility index (Phi) is 9.00. The molecule has 0 fully saturated rings. The van der Waals surface area contributed by atoms with Crippen molar-refractivity contribution in [3.63, 3.8) is 0 Å². The van der Waals surface area contributed by atoms with E-state index in [-0.39, 0.29) is 17.6 Å². The molecule has 0 saturated heterocycles. The van der Waals surface area contributed by atoms with Crippen molar-refractivity contribution >= 4 is 64.2 Å². The van der Waals surface area contributed by atoms with Gasteiger partial charge in [0.05, 0.1) is 15.8 Å². The van der Waals surface area contributed by atoms with E-state index in [1.165, 1.54) is 17.8 Å². The van der Waals surface area contributed by atoms with E-state index in [1.54, 1.807) is 24.3 Å². The molecule has 0 spiro atoms. The van der Waals surface area contributed by atoms with Crippen LogP contribution in [0.25, 0.3) is 17.5 Å². The Morgan fingerprint density at radius 2 is 1.65 bits per heavy atom. The summed E-state index contributed by atoms with van der Waals surface area (Å²) in [7, 11) is 0. The first-order chi connectivity index (χ1) is 17.9. The molecule has 0 aliphatic heterocycles. The number of halogens is 2. The third-order valence-electron chi connectivity index (χ3n) is 5.21. The third-order valence-corrected chi connectivity index (χ3v) is 6.91. The van der Waals surface area contributed by atoms with Crippen LogP contribution in [-0.2, 0) is 16.1 Å². The molecule has 2 N–H and O–H groups in total. The maximum absolute atomic E-state index is 12.4. The normalized spacial score (nSPS) is 11.0. The van der Waals surface area contributed by atoms with E-state index in [2.05, 4.69) is 20.8 Å². The largest absolute Gasteiger partial charge is 0.325 e.